The summed E-state index contributed by atoms with van der Waals surface area (Å²) in [5.74, 6) is -0.673. The second kappa shape index (κ2) is 5.01. The Balaban J connectivity index is 2.18. The molecule has 0 atom stereocenters. The smallest absolute Gasteiger partial charge is 0.256 e. The van der Waals surface area contributed by atoms with Crippen molar-refractivity contribution in [2.24, 2.45) is 0 Å². The van der Waals surface area contributed by atoms with Crippen LogP contribution in [0.4, 0.5) is 15.8 Å². The van der Waals surface area contributed by atoms with E-state index in [4.69, 9.17) is 5.73 Å². The van der Waals surface area contributed by atoms with Gasteiger partial charge >= 0.3 is 0 Å². The molecule has 1 aromatic heterocycles. The Kier molecular flexibility index (Phi) is 3.63. The summed E-state index contributed by atoms with van der Waals surface area (Å²) in [7, 11) is 0. The van der Waals surface area contributed by atoms with Crippen LogP contribution >= 0.6 is 33.9 Å². The number of hydrogen-bond acceptors (Lipinski definition) is 3. The fourth-order valence-corrected chi connectivity index (χ4v) is 2.60. The maximum Gasteiger partial charge on any atom is 0.256 e. The van der Waals surface area contributed by atoms with Gasteiger partial charge in [0.25, 0.3) is 5.91 Å². The quantitative estimate of drug-likeness (QED) is 0.636. The molecule has 1 aromatic carbocycles. The van der Waals surface area contributed by atoms with E-state index in [2.05, 4.69) is 27.9 Å². The Labute approximate surface area is 115 Å². The highest BCUT2D eigenvalue weighted by Gasteiger charge is 2.10. The number of anilines is 2. The second-order valence-corrected chi connectivity index (χ2v) is 6.13. The molecule has 2 rings (SSSR count). The van der Waals surface area contributed by atoms with Gasteiger partial charge in [-0.15, -0.1) is 11.3 Å². The number of halogens is 2. The minimum atomic E-state index is -0.425. The summed E-state index contributed by atoms with van der Waals surface area (Å²) in [4.78, 5) is 11.8. The Bertz CT molecular complexity index is 570. The molecule has 0 saturated heterocycles. The van der Waals surface area contributed by atoms with Crippen molar-refractivity contribution in [3.8, 4) is 0 Å². The van der Waals surface area contributed by atoms with E-state index in [-0.39, 0.29) is 11.6 Å². The summed E-state index contributed by atoms with van der Waals surface area (Å²) in [6, 6.07) is 5.65. The zero-order valence-corrected chi connectivity index (χ0v) is 11.5. The number of benzene rings is 1. The lowest BCUT2D eigenvalue weighted by Crippen LogP contribution is -2.12. The summed E-state index contributed by atoms with van der Waals surface area (Å²) < 4.78 is 13.8. The van der Waals surface area contributed by atoms with Crippen LogP contribution < -0.4 is 11.1 Å². The molecule has 0 saturated carbocycles. The number of carbonyl (C=O) groups is 1. The Morgan fingerprint density at radius 1 is 1.41 bits per heavy atom. The molecule has 0 aliphatic rings. The number of nitrogen functional groups attached to an aromatic ring is 1. The molecule has 6 heteroatoms. The minimum absolute atomic E-state index is 0.211. The predicted octanol–water partition coefficient (Wildman–Crippen LogP) is 3.33. The van der Waals surface area contributed by atoms with E-state index in [0.29, 0.717) is 11.3 Å². The molecule has 17 heavy (non-hydrogen) atoms. The van der Waals surface area contributed by atoms with Crippen LogP contribution in [0, 0.1) is 8.70 Å². The van der Waals surface area contributed by atoms with Gasteiger partial charge in [0.1, 0.15) is 5.82 Å². The molecule has 2 aromatic rings. The molecule has 1 amide bonds. The number of carbonyl (C=O) groups excluding carboxylic acids is 1. The van der Waals surface area contributed by atoms with E-state index in [1.54, 1.807) is 11.4 Å². The molecule has 0 spiro atoms. The average Bonchev–Trinajstić information content (AvgIpc) is 2.69. The second-order valence-electron chi connectivity index (χ2n) is 3.33. The molecule has 0 bridgehead atoms. The fraction of sp³-hybridized carbons (Fsp3) is 0. The van der Waals surface area contributed by atoms with Crippen LogP contribution in [0.1, 0.15) is 10.4 Å². The SMILES string of the molecule is Nc1cc(F)ccc1NC(=O)c1csc(I)c1. The van der Waals surface area contributed by atoms with Crippen molar-refractivity contribution < 1.29 is 9.18 Å². The molecular weight excluding hydrogens is 354 g/mol. The van der Waals surface area contributed by atoms with Gasteiger partial charge in [-0.2, -0.15) is 0 Å². The molecule has 3 N–H and O–H groups in total. The largest absolute Gasteiger partial charge is 0.397 e. The van der Waals surface area contributed by atoms with E-state index in [9.17, 15) is 9.18 Å². The van der Waals surface area contributed by atoms with Crippen LogP contribution in [-0.4, -0.2) is 5.91 Å². The topological polar surface area (TPSA) is 55.1 Å². The highest BCUT2D eigenvalue weighted by molar-refractivity contribution is 14.1. The van der Waals surface area contributed by atoms with Gasteiger partial charge in [0.15, 0.2) is 0 Å². The van der Waals surface area contributed by atoms with Crippen molar-refractivity contribution >= 4 is 51.2 Å². The third-order valence-corrected chi connectivity index (χ3v) is 3.88. The number of nitrogens with one attached hydrogen (secondary N) is 1. The van der Waals surface area contributed by atoms with E-state index in [1.165, 1.54) is 29.5 Å². The van der Waals surface area contributed by atoms with Crippen molar-refractivity contribution in [2.75, 3.05) is 11.1 Å². The first-order valence-corrected chi connectivity index (χ1v) is 6.62. The lowest BCUT2D eigenvalue weighted by molar-refractivity contribution is 0.102. The van der Waals surface area contributed by atoms with E-state index in [0.717, 1.165) is 2.88 Å². The maximum atomic E-state index is 12.8. The Morgan fingerprint density at radius 3 is 2.76 bits per heavy atom. The summed E-state index contributed by atoms with van der Waals surface area (Å²) in [6.45, 7) is 0. The van der Waals surface area contributed by atoms with Crippen LogP contribution in [0.3, 0.4) is 0 Å². The van der Waals surface area contributed by atoms with E-state index in [1.807, 2.05) is 0 Å². The number of rotatable bonds is 2. The van der Waals surface area contributed by atoms with Crippen LogP contribution in [-0.2, 0) is 0 Å². The predicted molar refractivity (Wildman–Crippen MR) is 75.8 cm³/mol. The van der Waals surface area contributed by atoms with Crippen molar-refractivity contribution in [1.82, 2.24) is 0 Å². The van der Waals surface area contributed by atoms with Gasteiger partial charge in [0.05, 0.1) is 19.8 Å². The highest BCUT2D eigenvalue weighted by Crippen LogP contribution is 2.22. The van der Waals surface area contributed by atoms with Gasteiger partial charge in [-0.25, -0.2) is 4.39 Å². The van der Waals surface area contributed by atoms with Crippen LogP contribution in [0.15, 0.2) is 29.6 Å². The first-order chi connectivity index (χ1) is 8.06. The molecule has 0 aliphatic heterocycles. The summed E-state index contributed by atoms with van der Waals surface area (Å²) >= 11 is 3.62. The number of amides is 1. The first-order valence-electron chi connectivity index (χ1n) is 4.66. The third kappa shape index (κ3) is 2.95. The van der Waals surface area contributed by atoms with Crippen molar-refractivity contribution in [1.29, 1.82) is 0 Å². The van der Waals surface area contributed by atoms with Crippen molar-refractivity contribution in [3.63, 3.8) is 0 Å². The van der Waals surface area contributed by atoms with E-state index < -0.39 is 5.82 Å². The molecular formula is C11H8FIN2OS. The monoisotopic (exact) mass is 362 g/mol. The van der Waals surface area contributed by atoms with Crippen molar-refractivity contribution in [3.05, 3.63) is 43.9 Å². The Hall–Kier alpha value is -1.15. The average molecular weight is 362 g/mol. The van der Waals surface area contributed by atoms with Crippen molar-refractivity contribution in [2.45, 2.75) is 0 Å². The lowest BCUT2D eigenvalue weighted by atomic mass is 10.2. The maximum absolute atomic E-state index is 12.8. The minimum Gasteiger partial charge on any atom is -0.397 e. The summed E-state index contributed by atoms with van der Waals surface area (Å²) in [5.41, 5.74) is 6.80. The molecule has 0 fully saturated rings. The molecule has 88 valence electrons. The summed E-state index contributed by atoms with van der Waals surface area (Å²) in [6.07, 6.45) is 0. The third-order valence-electron chi connectivity index (χ3n) is 2.09. The normalized spacial score (nSPS) is 10.2. The Morgan fingerprint density at radius 2 is 2.18 bits per heavy atom. The number of nitrogens with two attached hydrogens (primary N) is 1. The highest BCUT2D eigenvalue weighted by atomic mass is 127. The van der Waals surface area contributed by atoms with Gasteiger partial charge in [0.2, 0.25) is 0 Å². The van der Waals surface area contributed by atoms with Gasteiger partial charge < -0.3 is 11.1 Å². The van der Waals surface area contributed by atoms with Gasteiger partial charge in [-0.05, 0) is 46.9 Å². The zero-order chi connectivity index (χ0) is 12.4. The molecule has 0 radical (unpaired) electrons. The molecule has 0 aliphatic carbocycles. The van der Waals surface area contributed by atoms with E-state index >= 15 is 0 Å². The van der Waals surface area contributed by atoms with Gasteiger partial charge in [-0.1, -0.05) is 0 Å². The lowest BCUT2D eigenvalue weighted by Gasteiger charge is -2.06. The van der Waals surface area contributed by atoms with Crippen LogP contribution in [0.5, 0.6) is 0 Å². The number of thiophene rings is 1. The van der Waals surface area contributed by atoms with Crippen LogP contribution in [0.25, 0.3) is 0 Å². The fourth-order valence-electron chi connectivity index (χ4n) is 1.27. The van der Waals surface area contributed by atoms with Gasteiger partial charge in [0, 0.05) is 5.38 Å². The number of hydrogen-bond donors (Lipinski definition) is 2. The van der Waals surface area contributed by atoms with Gasteiger partial charge in [-0.3, -0.25) is 4.79 Å². The zero-order valence-electron chi connectivity index (χ0n) is 8.54. The summed E-state index contributed by atoms with van der Waals surface area (Å²) in [5, 5.41) is 4.40. The standard InChI is InChI=1S/C11H8FIN2OS/c12-7-1-2-9(8(14)4-7)15-11(16)6-3-10(13)17-5-6/h1-5H,14H2,(H,15,16). The first kappa shape index (κ1) is 12.3. The van der Waals surface area contributed by atoms with Crippen LogP contribution in [0.2, 0.25) is 0 Å². The molecule has 1 heterocycles. The molecule has 3 nitrogen and oxygen atoms in total. The molecule has 0 unspecified atom stereocenters.